The summed E-state index contributed by atoms with van der Waals surface area (Å²) in [5.74, 6) is 0.612. The average Bonchev–Trinajstić information content (AvgIpc) is 3.26. The van der Waals surface area contributed by atoms with Gasteiger partial charge in [-0.25, -0.2) is 14.4 Å². The molecular formula is C18H14FN7. The first-order chi connectivity index (χ1) is 12.7. The zero-order valence-corrected chi connectivity index (χ0v) is 13.5. The van der Waals surface area contributed by atoms with Crippen molar-refractivity contribution in [1.82, 2.24) is 19.7 Å². The Morgan fingerprint density at radius 2 is 1.88 bits per heavy atom. The minimum atomic E-state index is -0.433. The highest BCUT2D eigenvalue weighted by Crippen LogP contribution is 2.36. The number of anilines is 1. The molecule has 4 aromatic rings. The normalized spacial score (nSPS) is 16.2. The van der Waals surface area contributed by atoms with E-state index in [0.717, 1.165) is 27.9 Å². The first kappa shape index (κ1) is 14.6. The number of guanidine groups is 1. The molecule has 7 nitrogen and oxygen atoms in total. The summed E-state index contributed by atoms with van der Waals surface area (Å²) in [6.07, 6.45) is 1.28. The van der Waals surface area contributed by atoms with E-state index in [9.17, 15) is 4.39 Å². The van der Waals surface area contributed by atoms with E-state index in [1.54, 1.807) is 18.3 Å². The fraction of sp³-hybridized carbons (Fsp3) is 0.0556. The van der Waals surface area contributed by atoms with Crippen molar-refractivity contribution in [3.8, 4) is 11.3 Å². The standard InChI is InChI=1S/C18H14FN7/c19-11-7-5-10(6-8-11)15-12(9-21-25-15)16-23-17(20)24-18-22-13-3-1-2-4-14(13)26(16)18/h1-9,16H,(H,21,25)(H3,20,22,23,24)/t16-/m1/s1. The number of H-pyrrole nitrogens is 1. The van der Waals surface area contributed by atoms with Crippen LogP contribution in [0.2, 0.25) is 0 Å². The molecule has 0 saturated carbocycles. The number of halogens is 1. The molecule has 2 aromatic heterocycles. The summed E-state index contributed by atoms with van der Waals surface area (Å²) in [6, 6.07) is 14.0. The van der Waals surface area contributed by atoms with E-state index in [1.807, 2.05) is 28.8 Å². The summed E-state index contributed by atoms with van der Waals surface area (Å²) in [6.45, 7) is 0. The van der Waals surface area contributed by atoms with Gasteiger partial charge in [-0.2, -0.15) is 5.10 Å². The number of aromatic nitrogens is 4. The molecule has 5 rings (SSSR count). The third-order valence-corrected chi connectivity index (χ3v) is 4.42. The molecule has 26 heavy (non-hydrogen) atoms. The van der Waals surface area contributed by atoms with Gasteiger partial charge in [0.05, 0.1) is 22.9 Å². The number of benzene rings is 2. The van der Waals surface area contributed by atoms with Crippen LogP contribution in [0.15, 0.2) is 59.7 Å². The number of aliphatic imine (C=N–C) groups is 1. The molecule has 0 unspecified atom stereocenters. The molecule has 8 heteroatoms. The van der Waals surface area contributed by atoms with Gasteiger partial charge in [-0.15, -0.1) is 0 Å². The fourth-order valence-electron chi connectivity index (χ4n) is 3.26. The molecule has 2 aromatic carbocycles. The van der Waals surface area contributed by atoms with Gasteiger partial charge < -0.3 is 5.73 Å². The molecule has 0 radical (unpaired) electrons. The van der Waals surface area contributed by atoms with Crippen LogP contribution in [-0.2, 0) is 0 Å². The lowest BCUT2D eigenvalue weighted by atomic mass is 10.1. The Labute approximate surface area is 147 Å². The highest BCUT2D eigenvalue weighted by atomic mass is 19.1. The molecule has 4 N–H and O–H groups in total. The minimum Gasteiger partial charge on any atom is -0.370 e. The molecule has 1 atom stereocenters. The zero-order chi connectivity index (χ0) is 17.7. The number of nitrogens with zero attached hydrogens (tertiary/aromatic N) is 4. The number of imidazole rings is 1. The van der Waals surface area contributed by atoms with Gasteiger partial charge in [0.15, 0.2) is 12.1 Å². The van der Waals surface area contributed by atoms with Gasteiger partial charge in [0.2, 0.25) is 5.95 Å². The van der Waals surface area contributed by atoms with Gasteiger partial charge in [0, 0.05) is 11.1 Å². The Balaban J connectivity index is 1.71. The highest BCUT2D eigenvalue weighted by molar-refractivity contribution is 5.94. The molecule has 0 fully saturated rings. The second-order valence-electron chi connectivity index (χ2n) is 6.01. The Kier molecular flexibility index (Phi) is 3.05. The van der Waals surface area contributed by atoms with E-state index in [2.05, 4.69) is 25.5 Å². The Morgan fingerprint density at radius 3 is 2.73 bits per heavy atom. The van der Waals surface area contributed by atoms with Crippen LogP contribution in [-0.4, -0.2) is 25.7 Å². The van der Waals surface area contributed by atoms with Crippen LogP contribution in [0.3, 0.4) is 0 Å². The molecule has 0 spiro atoms. The van der Waals surface area contributed by atoms with Crippen LogP contribution < -0.4 is 11.1 Å². The van der Waals surface area contributed by atoms with Gasteiger partial charge in [-0.1, -0.05) is 12.1 Å². The number of para-hydroxylation sites is 2. The number of hydrogen-bond acceptors (Lipinski definition) is 5. The van der Waals surface area contributed by atoms with Gasteiger partial charge in [0.1, 0.15) is 5.82 Å². The Bertz CT molecular complexity index is 1140. The number of nitrogens with one attached hydrogen (secondary N) is 2. The molecule has 0 bridgehead atoms. The highest BCUT2D eigenvalue weighted by Gasteiger charge is 2.28. The van der Waals surface area contributed by atoms with E-state index in [-0.39, 0.29) is 11.8 Å². The number of hydrogen-bond donors (Lipinski definition) is 3. The zero-order valence-electron chi connectivity index (χ0n) is 13.5. The molecule has 0 aliphatic carbocycles. The van der Waals surface area contributed by atoms with Gasteiger partial charge >= 0.3 is 0 Å². The van der Waals surface area contributed by atoms with Crippen molar-refractivity contribution in [1.29, 1.82) is 0 Å². The maximum atomic E-state index is 13.3. The van der Waals surface area contributed by atoms with E-state index in [4.69, 9.17) is 5.73 Å². The first-order valence-electron chi connectivity index (χ1n) is 8.07. The molecule has 0 amide bonds. The summed E-state index contributed by atoms with van der Waals surface area (Å²) >= 11 is 0. The summed E-state index contributed by atoms with van der Waals surface area (Å²) in [5, 5.41) is 10.2. The molecule has 1 aliphatic heterocycles. The van der Waals surface area contributed by atoms with Crippen LogP contribution in [0.25, 0.3) is 22.3 Å². The SMILES string of the molecule is NC1=N[C@@H](c2cn[nH]c2-c2ccc(F)cc2)n2c(nc3ccccc32)N1. The van der Waals surface area contributed by atoms with Crippen molar-refractivity contribution < 1.29 is 4.39 Å². The topological polar surface area (TPSA) is 96.9 Å². The second kappa shape index (κ2) is 5.41. The quantitative estimate of drug-likeness (QED) is 0.519. The third-order valence-electron chi connectivity index (χ3n) is 4.42. The number of fused-ring (bicyclic) bond motifs is 3. The second-order valence-corrected chi connectivity index (χ2v) is 6.01. The van der Waals surface area contributed by atoms with Gasteiger partial charge in [-0.05, 0) is 36.4 Å². The fourth-order valence-corrected chi connectivity index (χ4v) is 3.26. The minimum absolute atomic E-state index is 0.282. The molecule has 1 aliphatic rings. The summed E-state index contributed by atoms with van der Waals surface area (Å²) < 4.78 is 15.3. The van der Waals surface area contributed by atoms with Crippen molar-refractivity contribution in [2.24, 2.45) is 10.7 Å². The Hall–Kier alpha value is -3.68. The molecular weight excluding hydrogens is 333 g/mol. The molecule has 3 heterocycles. The number of aromatic amines is 1. The van der Waals surface area contributed by atoms with Crippen molar-refractivity contribution >= 4 is 22.9 Å². The first-order valence-corrected chi connectivity index (χ1v) is 8.07. The van der Waals surface area contributed by atoms with Crippen LogP contribution in [0.4, 0.5) is 10.3 Å². The summed E-state index contributed by atoms with van der Waals surface area (Å²) in [4.78, 5) is 9.15. The van der Waals surface area contributed by atoms with Gasteiger partial charge in [0.25, 0.3) is 0 Å². The lowest BCUT2D eigenvalue weighted by molar-refractivity contribution is 0.626. The van der Waals surface area contributed by atoms with Crippen LogP contribution >= 0.6 is 0 Å². The monoisotopic (exact) mass is 347 g/mol. The van der Waals surface area contributed by atoms with E-state index >= 15 is 0 Å². The molecule has 128 valence electrons. The van der Waals surface area contributed by atoms with Crippen molar-refractivity contribution in [3.63, 3.8) is 0 Å². The van der Waals surface area contributed by atoms with Crippen molar-refractivity contribution in [2.45, 2.75) is 6.17 Å². The summed E-state index contributed by atoms with van der Waals surface area (Å²) in [5.41, 5.74) is 10.2. The number of nitrogens with two attached hydrogens (primary N) is 1. The largest absolute Gasteiger partial charge is 0.370 e. The van der Waals surface area contributed by atoms with E-state index in [1.165, 1.54) is 12.1 Å². The third kappa shape index (κ3) is 2.16. The summed E-state index contributed by atoms with van der Waals surface area (Å²) in [7, 11) is 0. The van der Waals surface area contributed by atoms with Crippen LogP contribution in [0, 0.1) is 5.82 Å². The Morgan fingerprint density at radius 1 is 1.08 bits per heavy atom. The number of rotatable bonds is 2. The van der Waals surface area contributed by atoms with Crippen molar-refractivity contribution in [2.75, 3.05) is 5.32 Å². The smallest absolute Gasteiger partial charge is 0.212 e. The van der Waals surface area contributed by atoms with E-state index in [0.29, 0.717) is 5.95 Å². The van der Waals surface area contributed by atoms with Crippen molar-refractivity contribution in [3.05, 3.63) is 66.1 Å². The van der Waals surface area contributed by atoms with Crippen LogP contribution in [0.5, 0.6) is 0 Å². The van der Waals surface area contributed by atoms with Gasteiger partial charge in [-0.3, -0.25) is 15.0 Å². The lowest BCUT2D eigenvalue weighted by Crippen LogP contribution is -2.31. The lowest BCUT2D eigenvalue weighted by Gasteiger charge is -2.23. The van der Waals surface area contributed by atoms with E-state index < -0.39 is 6.17 Å². The predicted octanol–water partition coefficient (Wildman–Crippen LogP) is 2.85. The predicted molar refractivity (Wildman–Crippen MR) is 97.1 cm³/mol. The maximum Gasteiger partial charge on any atom is 0.212 e. The molecule has 0 saturated heterocycles. The van der Waals surface area contributed by atoms with Crippen LogP contribution in [0.1, 0.15) is 11.7 Å². The average molecular weight is 347 g/mol. The maximum absolute atomic E-state index is 13.3.